The number of fused-ring (bicyclic) bond motifs is 3. The molecule has 1 amide bonds. The average molecular weight is 499 g/mol. The number of nitrogens with two attached hydrogens (primary N) is 1. The van der Waals surface area contributed by atoms with E-state index in [9.17, 15) is 39.9 Å². The van der Waals surface area contributed by atoms with Gasteiger partial charge >= 0.3 is 0 Å². The maximum atomic E-state index is 13.7. The number of amides is 1. The number of phenols is 1. The molecule has 1 aromatic carbocycles. The van der Waals surface area contributed by atoms with Crippen molar-refractivity contribution in [2.45, 2.75) is 56.8 Å². The zero-order valence-electron chi connectivity index (χ0n) is 19.9. The van der Waals surface area contributed by atoms with Crippen LogP contribution in [0.15, 0.2) is 29.0 Å². The minimum Gasteiger partial charge on any atom is -0.508 e. The Labute approximate surface area is 207 Å². The summed E-state index contributed by atoms with van der Waals surface area (Å²) in [4.78, 5) is 40.2. The third-order valence-electron chi connectivity index (χ3n) is 8.43. The van der Waals surface area contributed by atoms with Crippen molar-refractivity contribution in [2.24, 2.45) is 17.6 Å². The quantitative estimate of drug-likeness (QED) is 0.330. The Morgan fingerprint density at radius 3 is 2.44 bits per heavy atom. The molecule has 1 heterocycles. The van der Waals surface area contributed by atoms with Gasteiger partial charge in [-0.3, -0.25) is 19.3 Å². The van der Waals surface area contributed by atoms with Gasteiger partial charge in [-0.25, -0.2) is 0 Å². The number of nitrogens with zero attached hydrogens (tertiary/aromatic N) is 1. The van der Waals surface area contributed by atoms with Crippen molar-refractivity contribution in [1.82, 2.24) is 4.90 Å². The van der Waals surface area contributed by atoms with Gasteiger partial charge < -0.3 is 31.3 Å². The highest BCUT2D eigenvalue weighted by Gasteiger charge is 2.64. The summed E-state index contributed by atoms with van der Waals surface area (Å²) in [6.45, 7) is 3.94. The first-order valence-corrected chi connectivity index (χ1v) is 12.2. The number of benzene rings is 1. The molecule has 3 aliphatic carbocycles. The molecule has 4 aliphatic rings. The summed E-state index contributed by atoms with van der Waals surface area (Å²) in [6, 6.07) is 3.52. The summed E-state index contributed by atoms with van der Waals surface area (Å²) in [5.41, 5.74) is 2.23. The van der Waals surface area contributed by atoms with E-state index in [2.05, 4.69) is 4.90 Å². The normalized spacial score (nSPS) is 32.8. The van der Waals surface area contributed by atoms with Crippen molar-refractivity contribution in [3.63, 3.8) is 0 Å². The number of piperidine rings is 1. The molecule has 5 unspecified atom stereocenters. The van der Waals surface area contributed by atoms with E-state index in [0.717, 1.165) is 32.4 Å². The van der Waals surface area contributed by atoms with E-state index in [1.807, 2.05) is 0 Å². The molecule has 1 saturated carbocycles. The number of aromatic hydroxyl groups is 1. The summed E-state index contributed by atoms with van der Waals surface area (Å²) in [5, 5.41) is 55.8. The van der Waals surface area contributed by atoms with Crippen molar-refractivity contribution in [3.8, 4) is 5.75 Å². The molecule has 1 aromatic rings. The molecule has 0 radical (unpaired) electrons. The van der Waals surface area contributed by atoms with E-state index in [-0.39, 0.29) is 16.9 Å². The molecular formula is C26H30N2O8. The molecule has 5 atom stereocenters. The summed E-state index contributed by atoms with van der Waals surface area (Å²) in [7, 11) is 0. The lowest BCUT2D eigenvalue weighted by Gasteiger charge is -2.50. The molecule has 10 nitrogen and oxygen atoms in total. The van der Waals surface area contributed by atoms with E-state index in [4.69, 9.17) is 5.73 Å². The molecule has 0 aromatic heterocycles. The van der Waals surface area contributed by atoms with E-state index >= 15 is 0 Å². The molecule has 5 rings (SSSR count). The fraction of sp³-hybridized carbons (Fsp3) is 0.500. The van der Waals surface area contributed by atoms with Gasteiger partial charge in [-0.15, -0.1) is 0 Å². The number of Topliss-reactive ketones (excluding diaryl/α,β-unsaturated/α-hetero) is 2. The summed E-state index contributed by atoms with van der Waals surface area (Å²) < 4.78 is 0. The summed E-state index contributed by atoms with van der Waals surface area (Å²) >= 11 is 0. The number of aliphatic hydroxyl groups is 4. The number of hydrogen-bond acceptors (Lipinski definition) is 9. The van der Waals surface area contributed by atoms with Gasteiger partial charge in [-0.05, 0) is 37.4 Å². The third kappa shape index (κ3) is 3.24. The van der Waals surface area contributed by atoms with Crippen LogP contribution in [0, 0.1) is 11.8 Å². The van der Waals surface area contributed by atoms with Crippen LogP contribution in [0.3, 0.4) is 0 Å². The number of aliphatic hydroxyl groups excluding tert-OH is 3. The largest absolute Gasteiger partial charge is 0.508 e. The average Bonchev–Trinajstić information content (AvgIpc) is 2.83. The third-order valence-corrected chi connectivity index (χ3v) is 8.43. The second kappa shape index (κ2) is 8.43. The highest BCUT2D eigenvalue weighted by Crippen LogP contribution is 2.55. The van der Waals surface area contributed by atoms with Crippen molar-refractivity contribution >= 4 is 23.2 Å². The van der Waals surface area contributed by atoms with E-state index in [0.29, 0.717) is 17.7 Å². The molecule has 0 bridgehead atoms. The number of rotatable bonds is 3. The Morgan fingerprint density at radius 1 is 1.14 bits per heavy atom. The maximum absolute atomic E-state index is 13.7. The van der Waals surface area contributed by atoms with Crippen LogP contribution >= 0.6 is 0 Å². The van der Waals surface area contributed by atoms with E-state index in [1.54, 1.807) is 19.1 Å². The van der Waals surface area contributed by atoms with Gasteiger partial charge in [0.15, 0.2) is 11.4 Å². The molecule has 2 fully saturated rings. The van der Waals surface area contributed by atoms with Gasteiger partial charge in [0.05, 0.1) is 11.7 Å². The number of likely N-dealkylation sites (tertiary alicyclic amines) is 1. The zero-order chi connectivity index (χ0) is 26.1. The Bertz CT molecular complexity index is 1240. The lowest BCUT2D eigenvalue weighted by molar-refractivity contribution is -0.160. The lowest BCUT2D eigenvalue weighted by atomic mass is 9.55. The van der Waals surface area contributed by atoms with Crippen molar-refractivity contribution < 1.29 is 39.9 Å². The Morgan fingerprint density at radius 2 is 1.81 bits per heavy atom. The van der Waals surface area contributed by atoms with E-state index in [1.165, 1.54) is 0 Å². The molecular weight excluding hydrogens is 468 g/mol. The van der Waals surface area contributed by atoms with Gasteiger partial charge in [0.1, 0.15) is 22.8 Å². The molecule has 0 spiro atoms. The predicted molar refractivity (Wildman–Crippen MR) is 127 cm³/mol. The first-order valence-electron chi connectivity index (χ1n) is 12.2. The second-order valence-electron chi connectivity index (χ2n) is 10.4. The molecule has 10 heteroatoms. The SMILES string of the molecule is CC1c2ccc(CN3CCCCC3)c(O)c2C(O)=C2C(=O)C3(O)C(O)=C(C(N)=O)C(=O)CC3C(O)C21. The van der Waals surface area contributed by atoms with Gasteiger partial charge in [-0.1, -0.05) is 25.5 Å². The molecule has 7 N–H and O–H groups in total. The standard InChI is InChI=1S/C26H30N2O8/c1-11-13-6-5-12(10-28-7-3-2-4-8-28)20(30)17(13)22(32)19-16(11)21(31)14-9-15(29)18(25(27)35)23(33)26(14,36)24(19)34/h5-6,11,14,16,21,30-33,36H,2-4,7-10H2,1H3,(H2,27,35). The van der Waals surface area contributed by atoms with Crippen molar-refractivity contribution in [3.05, 3.63) is 45.7 Å². The maximum Gasteiger partial charge on any atom is 0.255 e. The highest BCUT2D eigenvalue weighted by atomic mass is 16.4. The number of phenolic OH excluding ortho intramolecular Hbond substituents is 1. The van der Waals surface area contributed by atoms with E-state index < -0.39 is 70.4 Å². The first kappa shape index (κ1) is 24.5. The fourth-order valence-electron chi connectivity index (χ4n) is 6.53. The summed E-state index contributed by atoms with van der Waals surface area (Å²) in [6.07, 6.45) is 1.15. The Kier molecular flexibility index (Phi) is 5.73. The molecule has 1 aliphatic heterocycles. The van der Waals surface area contributed by atoms with Crippen molar-refractivity contribution in [2.75, 3.05) is 13.1 Å². The Hall–Kier alpha value is -3.21. The number of ketones is 2. The molecule has 1 saturated heterocycles. The van der Waals surface area contributed by atoms with Gasteiger partial charge in [0.25, 0.3) is 5.91 Å². The van der Waals surface area contributed by atoms with Crippen LogP contribution in [0.4, 0.5) is 0 Å². The van der Waals surface area contributed by atoms with Crippen LogP contribution in [0.2, 0.25) is 0 Å². The topological polar surface area (TPSA) is 182 Å². The van der Waals surface area contributed by atoms with Crippen LogP contribution < -0.4 is 5.73 Å². The number of primary amides is 1. The minimum atomic E-state index is -2.82. The highest BCUT2D eigenvalue weighted by molar-refractivity contribution is 6.23. The predicted octanol–water partition coefficient (Wildman–Crippen LogP) is 0.942. The van der Waals surface area contributed by atoms with Gasteiger partial charge in [-0.2, -0.15) is 0 Å². The van der Waals surface area contributed by atoms with Crippen LogP contribution in [-0.2, 0) is 20.9 Å². The molecule has 36 heavy (non-hydrogen) atoms. The fourth-order valence-corrected chi connectivity index (χ4v) is 6.53. The Balaban J connectivity index is 1.65. The number of carbonyl (C=O) groups is 3. The minimum absolute atomic E-state index is 0.0383. The first-order chi connectivity index (χ1) is 17.0. The van der Waals surface area contributed by atoms with Crippen LogP contribution in [0.1, 0.15) is 55.2 Å². The van der Waals surface area contributed by atoms with Crippen LogP contribution in [0.5, 0.6) is 5.75 Å². The second-order valence-corrected chi connectivity index (χ2v) is 10.4. The zero-order valence-corrected chi connectivity index (χ0v) is 19.9. The molecule has 192 valence electrons. The summed E-state index contributed by atoms with van der Waals surface area (Å²) in [5.74, 6) is -8.40. The van der Waals surface area contributed by atoms with Crippen LogP contribution in [0.25, 0.3) is 5.76 Å². The van der Waals surface area contributed by atoms with Gasteiger partial charge in [0, 0.05) is 35.9 Å². The number of hydrogen-bond donors (Lipinski definition) is 6. The van der Waals surface area contributed by atoms with Gasteiger partial charge in [0.2, 0.25) is 5.78 Å². The lowest BCUT2D eigenvalue weighted by Crippen LogP contribution is -2.63. The number of carbonyl (C=O) groups excluding carboxylic acids is 3. The monoisotopic (exact) mass is 498 g/mol. The smallest absolute Gasteiger partial charge is 0.255 e. The van der Waals surface area contributed by atoms with Crippen LogP contribution in [-0.4, -0.2) is 72.7 Å². The van der Waals surface area contributed by atoms with Crippen molar-refractivity contribution in [1.29, 1.82) is 0 Å².